The molecular weight excluding hydrogens is 263 g/mol. The van der Waals surface area contributed by atoms with E-state index in [4.69, 9.17) is 9.47 Å². The van der Waals surface area contributed by atoms with E-state index in [1.165, 1.54) is 7.11 Å². The van der Waals surface area contributed by atoms with Gasteiger partial charge < -0.3 is 14.8 Å². The zero-order valence-electron chi connectivity index (χ0n) is 10.1. The van der Waals surface area contributed by atoms with Crippen molar-refractivity contribution in [1.29, 1.82) is 0 Å². The number of carbonyl (C=O) groups excluding carboxylic acids is 1. The van der Waals surface area contributed by atoms with Gasteiger partial charge in [0.2, 0.25) is 0 Å². The Morgan fingerprint density at radius 3 is 2.84 bits per heavy atom. The van der Waals surface area contributed by atoms with Crippen molar-refractivity contribution in [1.82, 2.24) is 5.32 Å². The fourth-order valence-electron chi connectivity index (χ4n) is 1.93. The first-order valence-electron chi connectivity index (χ1n) is 5.58. The summed E-state index contributed by atoms with van der Waals surface area (Å²) in [5.41, 5.74) is 0.656. The summed E-state index contributed by atoms with van der Waals surface area (Å²) in [7, 11) is 1.47. The molecule has 0 saturated carbocycles. The third-order valence-electron chi connectivity index (χ3n) is 2.79. The third-order valence-corrected chi connectivity index (χ3v) is 2.79. The molecule has 19 heavy (non-hydrogen) atoms. The topological polar surface area (TPSA) is 47.6 Å². The Balaban J connectivity index is 2.12. The minimum absolute atomic E-state index is 0.00197. The van der Waals surface area contributed by atoms with E-state index >= 15 is 0 Å². The first-order valence-corrected chi connectivity index (χ1v) is 5.58. The third kappa shape index (κ3) is 2.91. The van der Waals surface area contributed by atoms with E-state index in [0.717, 1.165) is 0 Å². The van der Waals surface area contributed by atoms with Crippen LogP contribution in [0.4, 0.5) is 13.2 Å². The van der Waals surface area contributed by atoms with Gasteiger partial charge in [-0.1, -0.05) is 6.07 Å². The molecule has 1 heterocycles. The first kappa shape index (κ1) is 13.5. The van der Waals surface area contributed by atoms with Gasteiger partial charge in [-0.15, -0.1) is 0 Å². The molecule has 1 aliphatic rings. The van der Waals surface area contributed by atoms with Crippen LogP contribution in [0.3, 0.4) is 0 Å². The Bertz CT molecular complexity index is 473. The standard InChI is InChI=1S/C12H12F3NO3/c1-18-9-3-2-4-10-8(9)5-7(6-19-10)16-11(17)12(13,14)15/h2-4,7H,5-6H2,1H3,(H,16,17)/t7-/m0/s1. The number of ether oxygens (including phenoxy) is 2. The molecule has 0 bridgehead atoms. The SMILES string of the molecule is COc1cccc2c1C[C@H](NC(=O)C(F)(F)F)CO2. The fraction of sp³-hybridized carbons (Fsp3) is 0.417. The zero-order chi connectivity index (χ0) is 14.0. The molecule has 1 aliphatic heterocycles. The monoisotopic (exact) mass is 275 g/mol. The fourth-order valence-corrected chi connectivity index (χ4v) is 1.93. The smallest absolute Gasteiger partial charge is 0.471 e. The van der Waals surface area contributed by atoms with E-state index in [0.29, 0.717) is 17.1 Å². The van der Waals surface area contributed by atoms with Crippen LogP contribution in [0.5, 0.6) is 11.5 Å². The van der Waals surface area contributed by atoms with Gasteiger partial charge in [0.25, 0.3) is 0 Å². The number of halogens is 3. The average molecular weight is 275 g/mol. The molecule has 1 N–H and O–H groups in total. The van der Waals surface area contributed by atoms with Crippen LogP contribution >= 0.6 is 0 Å². The van der Waals surface area contributed by atoms with E-state index in [1.807, 2.05) is 5.32 Å². The zero-order valence-corrected chi connectivity index (χ0v) is 10.1. The number of nitrogens with one attached hydrogen (secondary N) is 1. The molecule has 1 aromatic carbocycles. The van der Waals surface area contributed by atoms with Crippen molar-refractivity contribution in [2.45, 2.75) is 18.6 Å². The van der Waals surface area contributed by atoms with Crippen LogP contribution in [0.1, 0.15) is 5.56 Å². The molecule has 1 aromatic rings. The van der Waals surface area contributed by atoms with E-state index in [2.05, 4.69) is 0 Å². The van der Waals surface area contributed by atoms with Gasteiger partial charge in [0, 0.05) is 12.0 Å². The van der Waals surface area contributed by atoms with Gasteiger partial charge in [-0.05, 0) is 12.1 Å². The Labute approximate surface area is 107 Å². The minimum Gasteiger partial charge on any atom is -0.496 e. The van der Waals surface area contributed by atoms with Crippen LogP contribution in [-0.4, -0.2) is 31.8 Å². The van der Waals surface area contributed by atoms with Crippen molar-refractivity contribution in [2.75, 3.05) is 13.7 Å². The number of benzene rings is 1. The lowest BCUT2D eigenvalue weighted by molar-refractivity contribution is -0.174. The summed E-state index contributed by atoms with van der Waals surface area (Å²) < 4.78 is 47.0. The van der Waals surface area contributed by atoms with E-state index in [-0.39, 0.29) is 13.0 Å². The second-order valence-corrected chi connectivity index (χ2v) is 4.12. The molecule has 4 nitrogen and oxygen atoms in total. The van der Waals surface area contributed by atoms with Gasteiger partial charge in [0.1, 0.15) is 18.1 Å². The highest BCUT2D eigenvalue weighted by atomic mass is 19.4. The number of hydrogen-bond donors (Lipinski definition) is 1. The van der Waals surface area contributed by atoms with Crippen molar-refractivity contribution >= 4 is 5.91 Å². The molecule has 0 spiro atoms. The summed E-state index contributed by atoms with van der Waals surface area (Å²) in [6.07, 6.45) is -4.65. The molecule has 0 radical (unpaired) electrons. The average Bonchev–Trinajstić information content (AvgIpc) is 2.36. The Morgan fingerprint density at radius 2 is 2.21 bits per heavy atom. The largest absolute Gasteiger partial charge is 0.496 e. The predicted molar refractivity (Wildman–Crippen MR) is 60.2 cm³/mol. The maximum absolute atomic E-state index is 12.2. The number of alkyl halides is 3. The number of carbonyl (C=O) groups is 1. The van der Waals surface area contributed by atoms with Crippen molar-refractivity contribution in [3.05, 3.63) is 23.8 Å². The molecule has 1 atom stereocenters. The summed E-state index contributed by atoms with van der Waals surface area (Å²) in [6.45, 7) is 0.00197. The van der Waals surface area contributed by atoms with Gasteiger partial charge in [-0.25, -0.2) is 0 Å². The van der Waals surface area contributed by atoms with Gasteiger partial charge in [-0.2, -0.15) is 13.2 Å². The quantitative estimate of drug-likeness (QED) is 0.893. The minimum atomic E-state index is -4.89. The molecule has 0 unspecified atom stereocenters. The second kappa shape index (κ2) is 4.99. The molecule has 104 valence electrons. The predicted octanol–water partition coefficient (Wildman–Crippen LogP) is 1.68. The number of fused-ring (bicyclic) bond motifs is 1. The van der Waals surface area contributed by atoms with Gasteiger partial charge >= 0.3 is 12.1 Å². The maximum atomic E-state index is 12.2. The Hall–Kier alpha value is -1.92. The molecule has 0 saturated heterocycles. The lowest BCUT2D eigenvalue weighted by atomic mass is 10.0. The number of amides is 1. The first-order chi connectivity index (χ1) is 8.91. The van der Waals surface area contributed by atoms with Crippen LogP contribution in [0.2, 0.25) is 0 Å². The van der Waals surface area contributed by atoms with Gasteiger partial charge in [0.15, 0.2) is 0 Å². The molecule has 1 amide bonds. The maximum Gasteiger partial charge on any atom is 0.471 e. The summed E-state index contributed by atoms with van der Waals surface area (Å²) in [5, 5.41) is 1.91. The number of methoxy groups -OCH3 is 1. The molecule has 2 rings (SSSR count). The van der Waals surface area contributed by atoms with Crippen molar-refractivity contribution < 1.29 is 27.4 Å². The molecule has 0 aliphatic carbocycles. The van der Waals surface area contributed by atoms with E-state index in [1.54, 1.807) is 18.2 Å². The molecule has 0 aromatic heterocycles. The van der Waals surface area contributed by atoms with Crippen LogP contribution < -0.4 is 14.8 Å². The van der Waals surface area contributed by atoms with Crippen LogP contribution in [-0.2, 0) is 11.2 Å². The Morgan fingerprint density at radius 1 is 1.47 bits per heavy atom. The van der Waals surface area contributed by atoms with Gasteiger partial charge in [-0.3, -0.25) is 4.79 Å². The van der Waals surface area contributed by atoms with Crippen molar-refractivity contribution in [2.24, 2.45) is 0 Å². The molecule has 0 fully saturated rings. The van der Waals surface area contributed by atoms with Crippen LogP contribution in [0, 0.1) is 0 Å². The van der Waals surface area contributed by atoms with Crippen molar-refractivity contribution in [3.63, 3.8) is 0 Å². The molecule has 7 heteroatoms. The second-order valence-electron chi connectivity index (χ2n) is 4.12. The molecular formula is C12H12F3NO3. The summed E-state index contributed by atoms with van der Waals surface area (Å²) in [5.74, 6) is -0.861. The van der Waals surface area contributed by atoms with Crippen molar-refractivity contribution in [3.8, 4) is 11.5 Å². The highest BCUT2D eigenvalue weighted by Gasteiger charge is 2.40. The summed E-state index contributed by atoms with van der Waals surface area (Å²) in [4.78, 5) is 10.9. The van der Waals surface area contributed by atoms with Crippen LogP contribution in [0.15, 0.2) is 18.2 Å². The highest BCUT2D eigenvalue weighted by Crippen LogP contribution is 2.32. The lowest BCUT2D eigenvalue weighted by Crippen LogP contribution is -2.48. The number of rotatable bonds is 2. The van der Waals surface area contributed by atoms with Gasteiger partial charge in [0.05, 0.1) is 13.2 Å². The Kier molecular flexibility index (Phi) is 3.55. The summed E-state index contributed by atoms with van der Waals surface area (Å²) >= 11 is 0. The van der Waals surface area contributed by atoms with E-state index in [9.17, 15) is 18.0 Å². The highest BCUT2D eigenvalue weighted by molar-refractivity contribution is 5.82. The number of hydrogen-bond acceptors (Lipinski definition) is 3. The summed E-state index contributed by atoms with van der Waals surface area (Å²) in [6, 6.07) is 4.40. The lowest BCUT2D eigenvalue weighted by Gasteiger charge is -2.27. The normalized spacial score (nSPS) is 18.2. The van der Waals surface area contributed by atoms with E-state index < -0.39 is 18.1 Å². The van der Waals surface area contributed by atoms with Crippen LogP contribution in [0.25, 0.3) is 0 Å².